The number of benzene rings is 2. The number of nitrogens with zero attached hydrogens (tertiary/aromatic N) is 2. The lowest BCUT2D eigenvalue weighted by Gasteiger charge is -2.13. The number of fused-ring (bicyclic) bond motifs is 1. The lowest BCUT2D eigenvalue weighted by molar-refractivity contribution is 0.399. The van der Waals surface area contributed by atoms with Gasteiger partial charge in [-0.15, -0.1) is 11.3 Å². The molecule has 0 saturated heterocycles. The molecule has 1 N–H and O–H groups in total. The van der Waals surface area contributed by atoms with Crippen molar-refractivity contribution in [2.45, 2.75) is 6.54 Å². The molecule has 2 aromatic carbocycles. The lowest BCUT2D eigenvalue weighted by Crippen LogP contribution is -2.05. The first-order valence-electron chi connectivity index (χ1n) is 8.54. The Kier molecular flexibility index (Phi) is 4.89. The van der Waals surface area contributed by atoms with E-state index in [-0.39, 0.29) is 0 Å². The van der Waals surface area contributed by atoms with E-state index >= 15 is 0 Å². The molecule has 4 rings (SSSR count). The Morgan fingerprint density at radius 2 is 1.85 bits per heavy atom. The second kappa shape index (κ2) is 7.63. The smallest absolute Gasteiger partial charge is 0.172 e. The second-order valence-corrected chi connectivity index (χ2v) is 6.87. The molecule has 0 aliphatic carbocycles. The molecule has 0 saturated carbocycles. The Balaban J connectivity index is 1.71. The van der Waals surface area contributed by atoms with Crippen molar-refractivity contribution in [2.75, 3.05) is 19.5 Å². The summed E-state index contributed by atoms with van der Waals surface area (Å²) >= 11 is 1.63. The van der Waals surface area contributed by atoms with Crippen LogP contribution in [0.4, 0.5) is 5.82 Å². The summed E-state index contributed by atoms with van der Waals surface area (Å²) in [7, 11) is 3.32. The van der Waals surface area contributed by atoms with Crippen molar-refractivity contribution in [2.24, 2.45) is 0 Å². The standard InChI is InChI=1S/C21H19N3O2S/c1-25-15-9-10-18(26-2)14(12-15)13-22-20-16-6-3-4-7-17(16)23-21(24-20)19-8-5-11-27-19/h3-12H,13H2,1-2H3,(H,22,23,24). The van der Waals surface area contributed by atoms with Gasteiger partial charge in [0.1, 0.15) is 17.3 Å². The van der Waals surface area contributed by atoms with Gasteiger partial charge in [-0.2, -0.15) is 0 Å². The summed E-state index contributed by atoms with van der Waals surface area (Å²) in [6.07, 6.45) is 0. The summed E-state index contributed by atoms with van der Waals surface area (Å²) in [5, 5.41) is 6.47. The Labute approximate surface area is 161 Å². The minimum atomic E-state index is 0.561. The summed E-state index contributed by atoms with van der Waals surface area (Å²) in [5.74, 6) is 3.12. The third-order valence-electron chi connectivity index (χ3n) is 4.28. The largest absolute Gasteiger partial charge is 0.497 e. The van der Waals surface area contributed by atoms with E-state index in [0.717, 1.165) is 44.5 Å². The van der Waals surface area contributed by atoms with Gasteiger partial charge in [0.05, 0.1) is 24.6 Å². The van der Waals surface area contributed by atoms with Crippen LogP contribution < -0.4 is 14.8 Å². The molecule has 0 radical (unpaired) electrons. The monoisotopic (exact) mass is 377 g/mol. The third-order valence-corrected chi connectivity index (χ3v) is 5.14. The van der Waals surface area contributed by atoms with Gasteiger partial charge in [-0.05, 0) is 41.8 Å². The van der Waals surface area contributed by atoms with E-state index < -0.39 is 0 Å². The highest BCUT2D eigenvalue weighted by molar-refractivity contribution is 7.13. The fraction of sp³-hybridized carbons (Fsp3) is 0.143. The quantitative estimate of drug-likeness (QED) is 0.513. The number of aromatic nitrogens is 2. The van der Waals surface area contributed by atoms with Crippen LogP contribution in [0.5, 0.6) is 11.5 Å². The predicted molar refractivity (Wildman–Crippen MR) is 110 cm³/mol. The number of hydrogen-bond donors (Lipinski definition) is 1. The first-order valence-corrected chi connectivity index (χ1v) is 9.42. The molecule has 0 aliphatic heterocycles. The van der Waals surface area contributed by atoms with Crippen LogP contribution in [0.1, 0.15) is 5.56 Å². The predicted octanol–water partition coefficient (Wildman–Crippen LogP) is 4.99. The van der Waals surface area contributed by atoms with E-state index in [9.17, 15) is 0 Å². The molecule has 2 heterocycles. The number of rotatable bonds is 6. The van der Waals surface area contributed by atoms with Gasteiger partial charge in [-0.25, -0.2) is 9.97 Å². The number of nitrogens with one attached hydrogen (secondary N) is 1. The van der Waals surface area contributed by atoms with Crippen molar-refractivity contribution in [1.82, 2.24) is 9.97 Å². The highest BCUT2D eigenvalue weighted by Gasteiger charge is 2.11. The van der Waals surface area contributed by atoms with Crippen LogP contribution in [-0.2, 0) is 6.54 Å². The summed E-state index contributed by atoms with van der Waals surface area (Å²) in [6, 6.07) is 17.8. The molecule has 0 fully saturated rings. The van der Waals surface area contributed by atoms with Crippen molar-refractivity contribution < 1.29 is 9.47 Å². The van der Waals surface area contributed by atoms with Gasteiger partial charge in [0.15, 0.2) is 5.82 Å². The molecule has 4 aromatic rings. The molecule has 6 heteroatoms. The van der Waals surface area contributed by atoms with Crippen LogP contribution in [0.15, 0.2) is 60.0 Å². The van der Waals surface area contributed by atoms with Gasteiger partial charge in [0, 0.05) is 17.5 Å². The number of ether oxygens (including phenoxy) is 2. The highest BCUT2D eigenvalue weighted by atomic mass is 32.1. The van der Waals surface area contributed by atoms with E-state index in [1.54, 1.807) is 25.6 Å². The SMILES string of the molecule is COc1ccc(OC)c(CNc2nc(-c3cccs3)nc3ccccc23)c1. The van der Waals surface area contributed by atoms with E-state index in [0.29, 0.717) is 6.54 Å². The minimum Gasteiger partial charge on any atom is -0.497 e. The molecule has 0 atom stereocenters. The van der Waals surface area contributed by atoms with Crippen molar-refractivity contribution >= 4 is 28.1 Å². The fourth-order valence-electron chi connectivity index (χ4n) is 2.93. The maximum Gasteiger partial charge on any atom is 0.172 e. The molecular formula is C21H19N3O2S. The molecule has 0 unspecified atom stereocenters. The third kappa shape index (κ3) is 3.57. The molecule has 136 valence electrons. The van der Waals surface area contributed by atoms with Gasteiger partial charge in [0.2, 0.25) is 0 Å². The molecule has 0 amide bonds. The van der Waals surface area contributed by atoms with Gasteiger partial charge >= 0.3 is 0 Å². The molecule has 0 spiro atoms. The molecule has 0 aliphatic rings. The van der Waals surface area contributed by atoms with E-state index in [4.69, 9.17) is 19.4 Å². The normalized spacial score (nSPS) is 10.7. The molecule has 27 heavy (non-hydrogen) atoms. The zero-order valence-corrected chi connectivity index (χ0v) is 15.9. The van der Waals surface area contributed by atoms with Gasteiger partial charge < -0.3 is 14.8 Å². The van der Waals surface area contributed by atoms with E-state index in [1.807, 2.05) is 60.0 Å². The van der Waals surface area contributed by atoms with Crippen LogP contribution in [0.2, 0.25) is 0 Å². The zero-order valence-electron chi connectivity index (χ0n) is 15.1. The zero-order chi connectivity index (χ0) is 18.6. The highest BCUT2D eigenvalue weighted by Crippen LogP contribution is 2.29. The van der Waals surface area contributed by atoms with Crippen molar-refractivity contribution in [3.8, 4) is 22.2 Å². The Morgan fingerprint density at radius 1 is 0.963 bits per heavy atom. The van der Waals surface area contributed by atoms with Crippen LogP contribution in [-0.4, -0.2) is 24.2 Å². The molecular weight excluding hydrogens is 358 g/mol. The van der Waals surface area contributed by atoms with E-state index in [1.165, 1.54) is 0 Å². The average Bonchev–Trinajstić information content (AvgIpc) is 3.26. The van der Waals surface area contributed by atoms with Gasteiger partial charge in [-0.1, -0.05) is 18.2 Å². The maximum atomic E-state index is 5.48. The first-order chi connectivity index (χ1) is 13.3. The van der Waals surface area contributed by atoms with Crippen LogP contribution >= 0.6 is 11.3 Å². The Hall–Kier alpha value is -3.12. The van der Waals surface area contributed by atoms with Crippen molar-refractivity contribution in [1.29, 1.82) is 0 Å². The van der Waals surface area contributed by atoms with Crippen LogP contribution in [0.25, 0.3) is 21.6 Å². The maximum absolute atomic E-state index is 5.48. The van der Waals surface area contributed by atoms with Crippen molar-refractivity contribution in [3.63, 3.8) is 0 Å². The first kappa shape index (κ1) is 17.3. The molecule has 5 nitrogen and oxygen atoms in total. The van der Waals surface area contributed by atoms with Gasteiger partial charge in [-0.3, -0.25) is 0 Å². The molecule has 2 aromatic heterocycles. The summed E-state index contributed by atoms with van der Waals surface area (Å²) in [5.41, 5.74) is 1.91. The number of hydrogen-bond acceptors (Lipinski definition) is 6. The average molecular weight is 377 g/mol. The number of methoxy groups -OCH3 is 2. The number of anilines is 1. The minimum absolute atomic E-state index is 0.561. The Bertz CT molecular complexity index is 1060. The van der Waals surface area contributed by atoms with Crippen LogP contribution in [0, 0.1) is 0 Å². The summed E-state index contributed by atoms with van der Waals surface area (Å²) in [6.45, 7) is 0.561. The van der Waals surface area contributed by atoms with Crippen molar-refractivity contribution in [3.05, 3.63) is 65.5 Å². The second-order valence-electron chi connectivity index (χ2n) is 5.92. The summed E-state index contributed by atoms with van der Waals surface area (Å²) in [4.78, 5) is 10.5. The number of para-hydroxylation sites is 1. The Morgan fingerprint density at radius 3 is 2.63 bits per heavy atom. The van der Waals surface area contributed by atoms with Gasteiger partial charge in [0.25, 0.3) is 0 Å². The molecule has 0 bridgehead atoms. The van der Waals surface area contributed by atoms with E-state index in [2.05, 4.69) is 5.32 Å². The number of thiophene rings is 1. The fourth-order valence-corrected chi connectivity index (χ4v) is 3.58. The topological polar surface area (TPSA) is 56.3 Å². The van der Waals surface area contributed by atoms with Crippen LogP contribution in [0.3, 0.4) is 0 Å². The lowest BCUT2D eigenvalue weighted by atomic mass is 10.1. The summed E-state index contributed by atoms with van der Waals surface area (Å²) < 4.78 is 10.8.